The summed E-state index contributed by atoms with van der Waals surface area (Å²) < 4.78 is 20.6. The smallest absolute Gasteiger partial charge is 0.261 e. The van der Waals surface area contributed by atoms with Crippen molar-refractivity contribution in [2.45, 2.75) is 19.9 Å². The number of anilines is 1. The maximum atomic E-state index is 13.5. The third-order valence-corrected chi connectivity index (χ3v) is 5.48. The first kappa shape index (κ1) is 24.7. The fourth-order valence-electron chi connectivity index (χ4n) is 3.64. The molecule has 36 heavy (non-hydrogen) atoms. The van der Waals surface area contributed by atoms with Crippen LogP contribution in [-0.2, 0) is 9.59 Å². The maximum absolute atomic E-state index is 13.5. The Morgan fingerprint density at radius 2 is 1.61 bits per heavy atom. The number of benzene rings is 3. The van der Waals surface area contributed by atoms with Crippen molar-refractivity contribution in [3.05, 3.63) is 96.8 Å². The average molecular weight is 487 g/mol. The quantitative estimate of drug-likeness (QED) is 0.364. The minimum absolute atomic E-state index is 0.163. The molecule has 184 valence electrons. The molecule has 0 unspecified atom stereocenters. The molecule has 0 aliphatic heterocycles. The largest absolute Gasteiger partial charge is 0.484 e. The molecule has 0 bridgehead atoms. The van der Waals surface area contributed by atoms with Crippen molar-refractivity contribution < 1.29 is 18.7 Å². The van der Waals surface area contributed by atoms with Crippen molar-refractivity contribution >= 4 is 17.6 Å². The molecule has 8 heteroatoms. The first-order valence-corrected chi connectivity index (χ1v) is 11.6. The molecule has 0 radical (unpaired) electrons. The van der Waals surface area contributed by atoms with E-state index in [1.165, 1.54) is 17.0 Å². The highest BCUT2D eigenvalue weighted by molar-refractivity contribution is 5.95. The molecule has 7 nitrogen and oxygen atoms in total. The lowest BCUT2D eigenvalue weighted by Gasteiger charge is -2.26. The molecular weight excluding hydrogens is 459 g/mol. The summed E-state index contributed by atoms with van der Waals surface area (Å²) in [6, 6.07) is 25.9. The number of halogens is 1. The second kappa shape index (κ2) is 11.3. The number of amides is 2. The van der Waals surface area contributed by atoms with Gasteiger partial charge in [0.05, 0.1) is 11.4 Å². The molecule has 0 fully saturated rings. The lowest BCUT2D eigenvalue weighted by Crippen LogP contribution is -2.44. The molecule has 0 saturated carbocycles. The third kappa shape index (κ3) is 6.15. The van der Waals surface area contributed by atoms with Gasteiger partial charge in [-0.2, -0.15) is 5.10 Å². The number of para-hydroxylation sites is 1. The second-order valence-electron chi connectivity index (χ2n) is 8.43. The van der Waals surface area contributed by atoms with Crippen LogP contribution in [0.3, 0.4) is 0 Å². The highest BCUT2D eigenvalue weighted by Crippen LogP contribution is 2.25. The Balaban J connectivity index is 1.52. The van der Waals surface area contributed by atoms with Gasteiger partial charge in [-0.1, -0.05) is 48.5 Å². The summed E-state index contributed by atoms with van der Waals surface area (Å²) in [5, 5.41) is 7.49. The van der Waals surface area contributed by atoms with Crippen molar-refractivity contribution in [3.63, 3.8) is 0 Å². The number of ether oxygens (including phenoxy) is 1. The molecule has 0 spiro atoms. The number of carbonyl (C=O) groups is 2. The first-order chi connectivity index (χ1) is 17.4. The highest BCUT2D eigenvalue weighted by atomic mass is 19.1. The van der Waals surface area contributed by atoms with E-state index < -0.39 is 0 Å². The zero-order chi connectivity index (χ0) is 25.5. The van der Waals surface area contributed by atoms with Crippen molar-refractivity contribution in [2.75, 3.05) is 18.5 Å². The van der Waals surface area contributed by atoms with Gasteiger partial charge < -0.3 is 15.0 Å². The van der Waals surface area contributed by atoms with Crippen LogP contribution in [0.25, 0.3) is 16.9 Å². The van der Waals surface area contributed by atoms with Gasteiger partial charge in [-0.3, -0.25) is 9.59 Å². The van der Waals surface area contributed by atoms with E-state index in [0.717, 1.165) is 5.56 Å². The van der Waals surface area contributed by atoms with Crippen LogP contribution in [0.15, 0.2) is 91.0 Å². The SMILES string of the molecule is CC(C)N(CC(=O)Nc1cc(-c2ccccc2)nn1-c1ccc(F)cc1)C(=O)COc1ccccc1. The van der Waals surface area contributed by atoms with E-state index >= 15 is 0 Å². The van der Waals surface area contributed by atoms with Crippen molar-refractivity contribution in [1.82, 2.24) is 14.7 Å². The van der Waals surface area contributed by atoms with Crippen LogP contribution >= 0.6 is 0 Å². The van der Waals surface area contributed by atoms with Crippen LogP contribution < -0.4 is 10.1 Å². The van der Waals surface area contributed by atoms with E-state index in [1.807, 2.05) is 62.4 Å². The third-order valence-electron chi connectivity index (χ3n) is 5.48. The minimum atomic E-state index is -0.389. The number of nitrogens with one attached hydrogen (secondary N) is 1. The fraction of sp³-hybridized carbons (Fsp3) is 0.179. The zero-order valence-corrected chi connectivity index (χ0v) is 20.1. The molecule has 4 aromatic rings. The first-order valence-electron chi connectivity index (χ1n) is 11.6. The predicted octanol–water partition coefficient (Wildman–Crippen LogP) is 4.93. The molecule has 1 heterocycles. The van der Waals surface area contributed by atoms with Crippen molar-refractivity contribution in [2.24, 2.45) is 0 Å². The van der Waals surface area contributed by atoms with Crippen LogP contribution in [0.5, 0.6) is 5.75 Å². The molecule has 0 aliphatic carbocycles. The van der Waals surface area contributed by atoms with Crippen LogP contribution in [0, 0.1) is 5.82 Å². The Morgan fingerprint density at radius 1 is 0.972 bits per heavy atom. The number of carbonyl (C=O) groups excluding carboxylic acids is 2. The lowest BCUT2D eigenvalue weighted by molar-refractivity contribution is -0.138. The van der Waals surface area contributed by atoms with Gasteiger partial charge in [-0.05, 0) is 50.2 Å². The standard InChI is InChI=1S/C28H27FN4O3/c1-20(2)32(28(35)19-36-24-11-7-4-8-12-24)18-27(34)30-26-17-25(21-9-5-3-6-10-21)31-33(26)23-15-13-22(29)14-16-23/h3-17,20H,18-19H2,1-2H3,(H,30,34). The number of aromatic nitrogens is 2. The normalized spacial score (nSPS) is 10.8. The Morgan fingerprint density at radius 3 is 2.25 bits per heavy atom. The molecule has 4 rings (SSSR count). The molecule has 1 N–H and O–H groups in total. The summed E-state index contributed by atoms with van der Waals surface area (Å²) in [5.74, 6) is -0.0814. The monoisotopic (exact) mass is 486 g/mol. The van der Waals surface area contributed by atoms with Crippen LogP contribution in [0.4, 0.5) is 10.2 Å². The zero-order valence-electron chi connectivity index (χ0n) is 20.1. The topological polar surface area (TPSA) is 76.5 Å². The van der Waals surface area contributed by atoms with Crippen molar-refractivity contribution in [1.29, 1.82) is 0 Å². The number of hydrogen-bond acceptors (Lipinski definition) is 4. The number of hydrogen-bond donors (Lipinski definition) is 1. The maximum Gasteiger partial charge on any atom is 0.261 e. The summed E-state index contributed by atoms with van der Waals surface area (Å²) >= 11 is 0. The molecule has 3 aromatic carbocycles. The van der Waals surface area contributed by atoms with E-state index in [4.69, 9.17) is 4.74 Å². The molecule has 2 amide bonds. The van der Waals surface area contributed by atoms with E-state index in [0.29, 0.717) is 22.9 Å². The Labute approximate surface area is 209 Å². The van der Waals surface area contributed by atoms with Gasteiger partial charge in [0.15, 0.2) is 6.61 Å². The van der Waals surface area contributed by atoms with E-state index in [2.05, 4.69) is 10.4 Å². The van der Waals surface area contributed by atoms with Gasteiger partial charge in [0.1, 0.15) is 23.9 Å². The molecule has 0 atom stereocenters. The molecule has 1 aromatic heterocycles. The van der Waals surface area contributed by atoms with E-state index in [-0.39, 0.29) is 36.8 Å². The fourth-order valence-corrected chi connectivity index (χ4v) is 3.64. The number of rotatable bonds is 9. The second-order valence-corrected chi connectivity index (χ2v) is 8.43. The summed E-state index contributed by atoms with van der Waals surface area (Å²) in [6.45, 7) is 3.33. The predicted molar refractivity (Wildman–Crippen MR) is 136 cm³/mol. The van der Waals surface area contributed by atoms with Gasteiger partial charge in [0, 0.05) is 17.7 Å². The Bertz CT molecular complexity index is 1310. The Hall–Kier alpha value is -4.46. The van der Waals surface area contributed by atoms with Crippen LogP contribution in [0.1, 0.15) is 13.8 Å². The lowest BCUT2D eigenvalue weighted by atomic mass is 10.1. The molecule has 0 saturated heterocycles. The summed E-state index contributed by atoms with van der Waals surface area (Å²) in [5.41, 5.74) is 2.09. The Kier molecular flexibility index (Phi) is 7.75. The van der Waals surface area contributed by atoms with Crippen LogP contribution in [-0.4, -0.2) is 45.7 Å². The highest BCUT2D eigenvalue weighted by Gasteiger charge is 2.22. The van der Waals surface area contributed by atoms with Crippen LogP contribution in [0.2, 0.25) is 0 Å². The molecular formula is C28H27FN4O3. The molecule has 0 aliphatic rings. The van der Waals surface area contributed by atoms with E-state index in [9.17, 15) is 14.0 Å². The summed E-state index contributed by atoms with van der Waals surface area (Å²) in [7, 11) is 0. The average Bonchev–Trinajstić information content (AvgIpc) is 3.31. The summed E-state index contributed by atoms with van der Waals surface area (Å²) in [6.07, 6.45) is 0. The minimum Gasteiger partial charge on any atom is -0.484 e. The van der Waals surface area contributed by atoms with E-state index in [1.54, 1.807) is 35.0 Å². The van der Waals surface area contributed by atoms with Gasteiger partial charge in [-0.15, -0.1) is 0 Å². The van der Waals surface area contributed by atoms with Crippen molar-refractivity contribution in [3.8, 4) is 22.7 Å². The van der Waals surface area contributed by atoms with Gasteiger partial charge in [0.2, 0.25) is 5.91 Å². The van der Waals surface area contributed by atoms with Gasteiger partial charge >= 0.3 is 0 Å². The van der Waals surface area contributed by atoms with Gasteiger partial charge in [-0.25, -0.2) is 9.07 Å². The van der Waals surface area contributed by atoms with Gasteiger partial charge in [0.25, 0.3) is 5.91 Å². The summed E-state index contributed by atoms with van der Waals surface area (Å²) in [4.78, 5) is 27.3. The number of nitrogens with zero attached hydrogens (tertiary/aromatic N) is 3.